The molecule has 4 fully saturated rings. The minimum absolute atomic E-state index is 0.0538. The molecule has 0 unspecified atom stereocenters. The second kappa shape index (κ2) is 5.73. The molecule has 5 aliphatic carbocycles. The standard InChI is InChI=1S/C25H36O3/c1-23(2,3)22(27)28-15-8-10-24(4)14(12-15)6-7-16-19(24)9-11-25(5)20(16)17-13-18(17)21(25)26/h6-7,14-20H,8-13H2,1-5H3/t14-,15+,16-,17-,18+,19+,20-,24+,25+/m1/s1. The van der Waals surface area contributed by atoms with Gasteiger partial charge in [-0.05, 0) is 94.3 Å². The van der Waals surface area contributed by atoms with Crippen LogP contribution in [-0.2, 0) is 14.3 Å². The molecule has 0 aliphatic heterocycles. The van der Waals surface area contributed by atoms with E-state index >= 15 is 0 Å². The van der Waals surface area contributed by atoms with Crippen molar-refractivity contribution >= 4 is 11.8 Å². The maximum absolute atomic E-state index is 12.9. The smallest absolute Gasteiger partial charge is 0.311 e. The molecule has 0 heterocycles. The normalized spacial score (nSPS) is 51.6. The molecule has 0 radical (unpaired) electrons. The molecule has 0 aromatic carbocycles. The first-order chi connectivity index (χ1) is 13.1. The average Bonchev–Trinajstić information content (AvgIpc) is 3.36. The number of hydrogen-bond acceptors (Lipinski definition) is 3. The fourth-order valence-electron chi connectivity index (χ4n) is 7.68. The second-order valence-electron chi connectivity index (χ2n) is 12.1. The molecule has 3 heteroatoms. The van der Waals surface area contributed by atoms with Gasteiger partial charge in [-0.25, -0.2) is 0 Å². The van der Waals surface area contributed by atoms with Crippen LogP contribution in [0.3, 0.4) is 0 Å². The van der Waals surface area contributed by atoms with Gasteiger partial charge in [-0.3, -0.25) is 9.59 Å². The van der Waals surface area contributed by atoms with Gasteiger partial charge in [0, 0.05) is 11.3 Å². The molecule has 5 rings (SSSR count). The van der Waals surface area contributed by atoms with Crippen molar-refractivity contribution in [3.63, 3.8) is 0 Å². The van der Waals surface area contributed by atoms with E-state index in [2.05, 4.69) is 26.0 Å². The van der Waals surface area contributed by atoms with E-state index in [9.17, 15) is 9.59 Å². The Hall–Kier alpha value is -1.12. The number of ether oxygens (including phenoxy) is 1. The minimum atomic E-state index is -0.433. The number of carbonyl (C=O) groups is 2. The molecule has 3 nitrogen and oxygen atoms in total. The number of ketones is 1. The molecule has 154 valence electrons. The maximum atomic E-state index is 12.9. The molecule has 0 N–H and O–H groups in total. The van der Waals surface area contributed by atoms with Gasteiger partial charge in [-0.2, -0.15) is 0 Å². The van der Waals surface area contributed by atoms with E-state index in [1.807, 2.05) is 20.8 Å². The Morgan fingerprint density at radius 3 is 2.57 bits per heavy atom. The van der Waals surface area contributed by atoms with Crippen molar-refractivity contribution in [2.45, 2.75) is 79.2 Å². The van der Waals surface area contributed by atoms with Gasteiger partial charge in [0.25, 0.3) is 0 Å². The third-order valence-corrected chi connectivity index (χ3v) is 9.46. The topological polar surface area (TPSA) is 43.4 Å². The van der Waals surface area contributed by atoms with Gasteiger partial charge < -0.3 is 4.74 Å². The largest absolute Gasteiger partial charge is 0.462 e. The van der Waals surface area contributed by atoms with Gasteiger partial charge in [0.05, 0.1) is 5.41 Å². The van der Waals surface area contributed by atoms with E-state index < -0.39 is 5.41 Å². The Labute approximate surface area is 169 Å². The van der Waals surface area contributed by atoms with Crippen LogP contribution < -0.4 is 0 Å². The van der Waals surface area contributed by atoms with Crippen LogP contribution in [0.15, 0.2) is 12.2 Å². The molecule has 0 aromatic rings. The van der Waals surface area contributed by atoms with Crippen molar-refractivity contribution in [3.05, 3.63) is 12.2 Å². The average molecular weight is 385 g/mol. The lowest BCUT2D eigenvalue weighted by molar-refractivity contribution is -0.164. The number of carbonyl (C=O) groups excluding carboxylic acids is 2. The Balaban J connectivity index is 1.37. The second-order valence-corrected chi connectivity index (χ2v) is 12.1. The number of allylic oxidation sites excluding steroid dienone is 2. The van der Waals surface area contributed by atoms with Crippen molar-refractivity contribution in [3.8, 4) is 0 Å². The molecule has 0 saturated heterocycles. The van der Waals surface area contributed by atoms with Crippen LogP contribution in [0.5, 0.6) is 0 Å². The predicted molar refractivity (Wildman–Crippen MR) is 108 cm³/mol. The summed E-state index contributed by atoms with van der Waals surface area (Å²) in [4.78, 5) is 25.3. The first kappa shape index (κ1) is 18.9. The molecular weight excluding hydrogens is 348 g/mol. The molecule has 9 atom stereocenters. The number of Topliss-reactive ketones (excluding diaryl/α,β-unsaturated/α-hetero) is 1. The third kappa shape index (κ3) is 2.46. The van der Waals surface area contributed by atoms with E-state index in [0.717, 1.165) is 32.1 Å². The summed E-state index contributed by atoms with van der Waals surface area (Å²) >= 11 is 0. The first-order valence-electron chi connectivity index (χ1n) is 11.5. The molecule has 28 heavy (non-hydrogen) atoms. The van der Waals surface area contributed by atoms with Crippen LogP contribution in [-0.4, -0.2) is 17.9 Å². The fourth-order valence-corrected chi connectivity index (χ4v) is 7.68. The van der Waals surface area contributed by atoms with Crippen molar-refractivity contribution in [1.29, 1.82) is 0 Å². The van der Waals surface area contributed by atoms with Crippen molar-refractivity contribution in [1.82, 2.24) is 0 Å². The van der Waals surface area contributed by atoms with Crippen molar-refractivity contribution in [2.75, 3.05) is 0 Å². The molecule has 4 saturated carbocycles. The Bertz CT molecular complexity index is 745. The van der Waals surface area contributed by atoms with Crippen molar-refractivity contribution < 1.29 is 14.3 Å². The van der Waals surface area contributed by atoms with E-state index in [0.29, 0.717) is 46.7 Å². The van der Waals surface area contributed by atoms with Crippen LogP contribution in [0.4, 0.5) is 0 Å². The highest BCUT2D eigenvalue weighted by Gasteiger charge is 2.70. The van der Waals surface area contributed by atoms with Crippen LogP contribution in [0.25, 0.3) is 0 Å². The van der Waals surface area contributed by atoms with Gasteiger partial charge in [-0.1, -0.05) is 26.0 Å². The monoisotopic (exact) mass is 384 g/mol. The van der Waals surface area contributed by atoms with Gasteiger partial charge >= 0.3 is 5.97 Å². The van der Waals surface area contributed by atoms with E-state index in [-0.39, 0.29) is 17.5 Å². The van der Waals surface area contributed by atoms with E-state index in [4.69, 9.17) is 4.74 Å². The zero-order valence-corrected chi connectivity index (χ0v) is 18.2. The number of rotatable bonds is 1. The fraction of sp³-hybridized carbons (Fsp3) is 0.840. The lowest BCUT2D eigenvalue weighted by Crippen LogP contribution is -2.53. The maximum Gasteiger partial charge on any atom is 0.311 e. The van der Waals surface area contributed by atoms with Gasteiger partial charge in [0.15, 0.2) is 0 Å². The molecule has 0 bridgehead atoms. The quantitative estimate of drug-likeness (QED) is 0.462. The molecule has 5 aliphatic rings. The Morgan fingerprint density at radius 1 is 1.11 bits per heavy atom. The van der Waals surface area contributed by atoms with Gasteiger partial charge in [-0.15, -0.1) is 0 Å². The highest BCUT2D eigenvalue weighted by atomic mass is 16.5. The SMILES string of the molecule is CC(C)(C)C(=O)O[C@H]1CC[C@@]2(C)[C@H](C=C[C@H]3[C@@H]4[C@@H]5C[C@@H]5C(=O)[C@@]4(C)CC[C@@H]32)C1. The van der Waals surface area contributed by atoms with Crippen LogP contribution in [0.1, 0.15) is 73.1 Å². The molecule has 0 amide bonds. The summed E-state index contributed by atoms with van der Waals surface area (Å²) in [5, 5.41) is 0. The number of esters is 1. The molecular formula is C25H36O3. The summed E-state index contributed by atoms with van der Waals surface area (Å²) in [7, 11) is 0. The lowest BCUT2D eigenvalue weighted by Gasteiger charge is -2.58. The predicted octanol–water partition coefficient (Wildman–Crippen LogP) is 5.19. The summed E-state index contributed by atoms with van der Waals surface area (Å²) in [6.07, 6.45) is 11.5. The highest BCUT2D eigenvalue weighted by molar-refractivity contribution is 5.92. The summed E-state index contributed by atoms with van der Waals surface area (Å²) in [6, 6.07) is 0. The Morgan fingerprint density at radius 2 is 1.86 bits per heavy atom. The van der Waals surface area contributed by atoms with Crippen LogP contribution in [0.2, 0.25) is 0 Å². The first-order valence-corrected chi connectivity index (χ1v) is 11.5. The van der Waals surface area contributed by atoms with E-state index in [1.165, 1.54) is 6.42 Å². The van der Waals surface area contributed by atoms with Crippen molar-refractivity contribution in [2.24, 2.45) is 51.8 Å². The van der Waals surface area contributed by atoms with Crippen LogP contribution >= 0.6 is 0 Å². The summed E-state index contributed by atoms with van der Waals surface area (Å²) < 4.78 is 5.89. The zero-order chi connectivity index (χ0) is 20.1. The third-order valence-electron chi connectivity index (χ3n) is 9.46. The van der Waals surface area contributed by atoms with E-state index in [1.54, 1.807) is 0 Å². The Kier molecular flexibility index (Phi) is 3.86. The zero-order valence-electron chi connectivity index (χ0n) is 18.2. The molecule has 0 aromatic heterocycles. The van der Waals surface area contributed by atoms with Gasteiger partial charge in [0.1, 0.15) is 11.9 Å². The summed E-state index contributed by atoms with van der Waals surface area (Å²) in [5.41, 5.74) is -0.193. The highest BCUT2D eigenvalue weighted by Crippen LogP contribution is 2.71. The number of hydrogen-bond donors (Lipinski definition) is 0. The summed E-state index contributed by atoms with van der Waals surface area (Å²) in [5.74, 6) is 3.91. The van der Waals surface area contributed by atoms with Gasteiger partial charge in [0.2, 0.25) is 0 Å². The van der Waals surface area contributed by atoms with Crippen LogP contribution in [0, 0.1) is 51.8 Å². The number of fused-ring (bicyclic) bond motifs is 7. The summed E-state index contributed by atoms with van der Waals surface area (Å²) in [6.45, 7) is 10.6. The lowest BCUT2D eigenvalue weighted by atomic mass is 9.46. The minimum Gasteiger partial charge on any atom is -0.462 e. The molecule has 0 spiro atoms.